The number of ether oxygens (including phenoxy) is 2. The minimum absolute atomic E-state index is 0.00445. The van der Waals surface area contributed by atoms with Crippen LogP contribution in [0.1, 0.15) is 17.3 Å². The zero-order valence-corrected chi connectivity index (χ0v) is 12.6. The van der Waals surface area contributed by atoms with Crippen molar-refractivity contribution in [2.45, 2.75) is 13.0 Å². The standard InChI is InChI=1S/C15H22FNO4/c1-11(10-21-3)17(6-7-20-2)9-15(19)13-8-12(16)4-5-14(13)18/h4-5,8,11,18H,6-7,9-10H2,1-3H3. The molecule has 1 unspecified atom stereocenters. The molecule has 0 aliphatic heterocycles. The smallest absolute Gasteiger partial charge is 0.180 e. The minimum atomic E-state index is -0.551. The van der Waals surface area contributed by atoms with Crippen molar-refractivity contribution in [2.24, 2.45) is 0 Å². The molecule has 0 aromatic heterocycles. The zero-order valence-electron chi connectivity index (χ0n) is 12.6. The summed E-state index contributed by atoms with van der Waals surface area (Å²) in [6, 6.07) is 3.35. The van der Waals surface area contributed by atoms with E-state index in [0.717, 1.165) is 12.1 Å². The SMILES string of the molecule is COCCN(CC(=O)c1cc(F)ccc1O)C(C)COC. The summed E-state index contributed by atoms with van der Waals surface area (Å²) < 4.78 is 23.3. The first-order valence-corrected chi connectivity index (χ1v) is 6.73. The van der Waals surface area contributed by atoms with E-state index in [4.69, 9.17) is 9.47 Å². The molecule has 1 atom stereocenters. The van der Waals surface area contributed by atoms with E-state index in [0.29, 0.717) is 19.8 Å². The molecule has 0 spiro atoms. The van der Waals surface area contributed by atoms with E-state index in [9.17, 15) is 14.3 Å². The Bertz CT molecular complexity index is 467. The van der Waals surface area contributed by atoms with Gasteiger partial charge in [0.25, 0.3) is 0 Å². The lowest BCUT2D eigenvalue weighted by Crippen LogP contribution is -2.41. The molecular weight excluding hydrogens is 277 g/mol. The third kappa shape index (κ3) is 5.41. The van der Waals surface area contributed by atoms with Crippen LogP contribution in [0.3, 0.4) is 0 Å². The second kappa shape index (κ2) is 8.71. The molecular formula is C15H22FNO4. The van der Waals surface area contributed by atoms with Crippen LogP contribution < -0.4 is 0 Å². The Balaban J connectivity index is 2.81. The monoisotopic (exact) mass is 299 g/mol. The van der Waals surface area contributed by atoms with E-state index in [-0.39, 0.29) is 29.7 Å². The Hall–Kier alpha value is -1.50. The van der Waals surface area contributed by atoms with Crippen LogP contribution in [-0.4, -0.2) is 62.4 Å². The van der Waals surface area contributed by atoms with Gasteiger partial charge < -0.3 is 14.6 Å². The highest BCUT2D eigenvalue weighted by molar-refractivity contribution is 6.00. The summed E-state index contributed by atoms with van der Waals surface area (Å²) in [5.74, 6) is -1.11. The Morgan fingerprint density at radius 3 is 2.71 bits per heavy atom. The third-order valence-electron chi connectivity index (χ3n) is 3.22. The van der Waals surface area contributed by atoms with Crippen molar-refractivity contribution < 1.29 is 23.8 Å². The van der Waals surface area contributed by atoms with E-state index in [2.05, 4.69) is 0 Å². The maximum Gasteiger partial charge on any atom is 0.180 e. The summed E-state index contributed by atoms with van der Waals surface area (Å²) in [7, 11) is 3.17. The summed E-state index contributed by atoms with van der Waals surface area (Å²) in [5, 5.41) is 9.68. The topological polar surface area (TPSA) is 59.0 Å². The molecule has 0 bridgehead atoms. The van der Waals surface area contributed by atoms with Gasteiger partial charge in [0.15, 0.2) is 5.78 Å². The first-order chi connectivity index (χ1) is 9.99. The highest BCUT2D eigenvalue weighted by Gasteiger charge is 2.20. The summed E-state index contributed by atoms with van der Waals surface area (Å²) in [6.07, 6.45) is 0. The fraction of sp³-hybridized carbons (Fsp3) is 0.533. The fourth-order valence-corrected chi connectivity index (χ4v) is 2.01. The summed E-state index contributed by atoms with van der Waals surface area (Å²) in [6.45, 7) is 3.47. The van der Waals surface area contributed by atoms with Crippen molar-refractivity contribution in [3.63, 3.8) is 0 Å². The van der Waals surface area contributed by atoms with E-state index in [1.165, 1.54) is 6.07 Å². The average Bonchev–Trinajstić information content (AvgIpc) is 2.45. The van der Waals surface area contributed by atoms with E-state index in [1.54, 1.807) is 14.2 Å². The number of hydrogen-bond acceptors (Lipinski definition) is 5. The predicted molar refractivity (Wildman–Crippen MR) is 77.2 cm³/mol. The number of phenolic OH excluding ortho intramolecular Hbond substituents is 1. The van der Waals surface area contributed by atoms with Gasteiger partial charge in [-0.25, -0.2) is 4.39 Å². The van der Waals surface area contributed by atoms with Gasteiger partial charge in [-0.05, 0) is 25.1 Å². The van der Waals surface area contributed by atoms with Gasteiger partial charge in [0.05, 0.1) is 25.3 Å². The van der Waals surface area contributed by atoms with Gasteiger partial charge >= 0.3 is 0 Å². The molecule has 1 N–H and O–H groups in total. The van der Waals surface area contributed by atoms with Crippen LogP contribution in [0.5, 0.6) is 5.75 Å². The molecule has 1 rings (SSSR count). The van der Waals surface area contributed by atoms with Crippen LogP contribution >= 0.6 is 0 Å². The van der Waals surface area contributed by atoms with Crippen molar-refractivity contribution in [1.29, 1.82) is 0 Å². The number of hydrogen-bond donors (Lipinski definition) is 1. The molecule has 1 aromatic carbocycles. The molecule has 0 amide bonds. The molecule has 0 aliphatic rings. The summed E-state index contributed by atoms with van der Waals surface area (Å²) in [4.78, 5) is 14.1. The van der Waals surface area contributed by atoms with Crippen molar-refractivity contribution in [3.05, 3.63) is 29.6 Å². The van der Waals surface area contributed by atoms with Crippen molar-refractivity contribution in [1.82, 2.24) is 4.90 Å². The number of carbonyl (C=O) groups excluding carboxylic acids is 1. The van der Waals surface area contributed by atoms with Gasteiger partial charge in [0.2, 0.25) is 0 Å². The normalized spacial score (nSPS) is 12.6. The average molecular weight is 299 g/mol. The number of ketones is 1. The second-order valence-electron chi connectivity index (χ2n) is 4.85. The number of halogens is 1. The van der Waals surface area contributed by atoms with E-state index >= 15 is 0 Å². The maximum absolute atomic E-state index is 13.2. The van der Waals surface area contributed by atoms with Crippen LogP contribution in [0, 0.1) is 5.82 Å². The molecule has 0 heterocycles. The maximum atomic E-state index is 13.2. The number of benzene rings is 1. The highest BCUT2D eigenvalue weighted by Crippen LogP contribution is 2.19. The molecule has 0 aliphatic carbocycles. The van der Waals surface area contributed by atoms with E-state index in [1.807, 2.05) is 11.8 Å². The van der Waals surface area contributed by atoms with Gasteiger partial charge in [-0.1, -0.05) is 0 Å². The van der Waals surface area contributed by atoms with Crippen molar-refractivity contribution in [3.8, 4) is 5.75 Å². The first-order valence-electron chi connectivity index (χ1n) is 6.73. The van der Waals surface area contributed by atoms with Gasteiger partial charge in [-0.15, -0.1) is 0 Å². The third-order valence-corrected chi connectivity index (χ3v) is 3.22. The number of rotatable bonds is 9. The van der Waals surface area contributed by atoms with E-state index < -0.39 is 5.82 Å². The largest absolute Gasteiger partial charge is 0.507 e. The van der Waals surface area contributed by atoms with Crippen molar-refractivity contribution >= 4 is 5.78 Å². The molecule has 21 heavy (non-hydrogen) atoms. The lowest BCUT2D eigenvalue weighted by Gasteiger charge is -2.27. The Morgan fingerprint density at radius 2 is 2.10 bits per heavy atom. The second-order valence-corrected chi connectivity index (χ2v) is 4.85. The molecule has 118 valence electrons. The number of aromatic hydroxyl groups is 1. The van der Waals surface area contributed by atoms with Gasteiger partial charge in [-0.3, -0.25) is 9.69 Å². The predicted octanol–water partition coefficient (Wildman–Crippen LogP) is 1.70. The molecule has 5 nitrogen and oxygen atoms in total. The number of methoxy groups -OCH3 is 2. The molecule has 0 fully saturated rings. The summed E-state index contributed by atoms with van der Waals surface area (Å²) >= 11 is 0. The zero-order chi connectivity index (χ0) is 15.8. The van der Waals surface area contributed by atoms with Gasteiger partial charge in [0, 0.05) is 26.8 Å². The first kappa shape index (κ1) is 17.6. The lowest BCUT2D eigenvalue weighted by atomic mass is 10.1. The van der Waals surface area contributed by atoms with Crippen molar-refractivity contribution in [2.75, 3.05) is 40.5 Å². The van der Waals surface area contributed by atoms with Crippen LogP contribution in [0.2, 0.25) is 0 Å². The Morgan fingerprint density at radius 1 is 1.38 bits per heavy atom. The Kier molecular flexibility index (Phi) is 7.28. The molecule has 0 radical (unpaired) electrons. The lowest BCUT2D eigenvalue weighted by molar-refractivity contribution is 0.0649. The number of phenols is 1. The Labute approximate surface area is 124 Å². The molecule has 0 saturated heterocycles. The number of Topliss-reactive ketones (excluding diaryl/α,β-unsaturated/α-hetero) is 1. The highest BCUT2D eigenvalue weighted by atomic mass is 19.1. The quantitative estimate of drug-likeness (QED) is 0.703. The molecule has 1 aromatic rings. The van der Waals surface area contributed by atoms with Crippen LogP contribution in [0.25, 0.3) is 0 Å². The van der Waals surface area contributed by atoms with Gasteiger partial charge in [0.1, 0.15) is 11.6 Å². The summed E-state index contributed by atoms with van der Waals surface area (Å²) in [5.41, 5.74) is -0.0120. The number of carbonyl (C=O) groups is 1. The molecule has 0 saturated carbocycles. The van der Waals surface area contributed by atoms with Crippen LogP contribution in [0.15, 0.2) is 18.2 Å². The minimum Gasteiger partial charge on any atom is -0.507 e. The molecule has 6 heteroatoms. The van der Waals surface area contributed by atoms with Crippen LogP contribution in [0.4, 0.5) is 4.39 Å². The number of nitrogens with zero attached hydrogens (tertiary/aromatic N) is 1. The fourth-order valence-electron chi connectivity index (χ4n) is 2.01. The van der Waals surface area contributed by atoms with Crippen LogP contribution in [-0.2, 0) is 9.47 Å². The van der Waals surface area contributed by atoms with Gasteiger partial charge in [-0.2, -0.15) is 0 Å².